The molecule has 4 aromatic rings. The fraction of sp³-hybridized carbons (Fsp3) is 0.487. The van der Waals surface area contributed by atoms with Crippen LogP contribution in [0, 0.1) is 12.3 Å². The highest BCUT2D eigenvalue weighted by Crippen LogP contribution is 2.59. The molecule has 3 aliphatic heterocycles. The number of pyridine rings is 1. The van der Waals surface area contributed by atoms with Crippen molar-refractivity contribution in [3.05, 3.63) is 63.9 Å². The minimum absolute atomic E-state index is 0.0266. The van der Waals surface area contributed by atoms with Gasteiger partial charge in [-0.15, -0.1) is 0 Å². The van der Waals surface area contributed by atoms with Gasteiger partial charge in [-0.2, -0.15) is 5.10 Å². The van der Waals surface area contributed by atoms with Crippen LogP contribution in [0.5, 0.6) is 0 Å². The maximum absolute atomic E-state index is 14.6. The minimum Gasteiger partial charge on any atom is -0.355 e. The molecule has 2 bridgehead atoms. The summed E-state index contributed by atoms with van der Waals surface area (Å²) >= 11 is 3.41. The Bertz CT molecular complexity index is 2150. The van der Waals surface area contributed by atoms with E-state index in [-0.39, 0.29) is 41.8 Å². The normalized spacial score (nSPS) is 23.7. The number of alkyl halides is 1. The first-order valence-electron chi connectivity index (χ1n) is 18.7. The molecule has 1 saturated carbocycles. The molecule has 6 heterocycles. The average Bonchev–Trinajstić information content (AvgIpc) is 3.54. The highest BCUT2D eigenvalue weighted by atomic mass is 79.9. The van der Waals surface area contributed by atoms with E-state index in [1.54, 1.807) is 28.0 Å². The van der Waals surface area contributed by atoms with E-state index in [4.69, 9.17) is 5.10 Å². The third-order valence-corrected chi connectivity index (χ3v) is 11.8. The molecule has 282 valence electrons. The number of likely N-dealkylation sites (tertiary alicyclic amines) is 1. The Morgan fingerprint density at radius 3 is 2.54 bits per heavy atom. The van der Waals surface area contributed by atoms with Gasteiger partial charge in [0.15, 0.2) is 5.78 Å². The van der Waals surface area contributed by atoms with Crippen molar-refractivity contribution in [2.75, 3.05) is 25.0 Å². The van der Waals surface area contributed by atoms with Crippen LogP contribution < -0.4 is 10.6 Å². The number of amides is 3. The highest BCUT2D eigenvalue weighted by molar-refractivity contribution is 9.10. The molecule has 2 saturated heterocycles. The number of hydrogen-bond acceptors (Lipinski definition) is 9. The number of anilines is 1. The molecule has 0 unspecified atom stereocenters. The molecular weight excluding hydrogens is 757 g/mol. The Hall–Kier alpha value is -4.63. The van der Waals surface area contributed by atoms with Crippen molar-refractivity contribution in [3.63, 3.8) is 0 Å². The maximum Gasteiger partial charge on any atom is 0.248 e. The first kappa shape index (κ1) is 36.4. The molecule has 15 heteroatoms. The third-order valence-electron chi connectivity index (χ3n) is 11.4. The Morgan fingerprint density at radius 1 is 1.04 bits per heavy atom. The van der Waals surface area contributed by atoms with E-state index in [1.807, 2.05) is 24.0 Å². The summed E-state index contributed by atoms with van der Waals surface area (Å²) < 4.78 is 15.8. The fourth-order valence-corrected chi connectivity index (χ4v) is 8.76. The standard InChI is InChI=1S/C39H43BrFN9O4/c1-22(51)35-29-12-26(27-15-42-23(2)43-16-27)11-24-7-5-3-4-6-8-33(52)44-21-39-13-30(50(31(39)14-39)34(53)20-49(47-35)36(24)29)38(54)46-37-25(9-10-32(40)45-37)17-48-18-28(41)19-48/h9-12,15-16,28,30-31H,3-8,13-14,17-21H2,1-2H3,(H,44,52)(H,45,46,54)/t30-,31+,39-/m0/s1. The molecule has 0 spiro atoms. The lowest BCUT2D eigenvalue weighted by Crippen LogP contribution is -2.48. The van der Waals surface area contributed by atoms with Crippen molar-refractivity contribution in [1.82, 2.24) is 39.8 Å². The van der Waals surface area contributed by atoms with Crippen molar-refractivity contribution in [2.45, 2.75) is 96.6 Å². The quantitative estimate of drug-likeness (QED) is 0.204. The van der Waals surface area contributed by atoms with Gasteiger partial charge >= 0.3 is 0 Å². The lowest BCUT2D eigenvalue weighted by Gasteiger charge is -2.34. The van der Waals surface area contributed by atoms with Crippen LogP contribution >= 0.6 is 15.9 Å². The molecule has 3 amide bonds. The number of piperidine rings is 1. The lowest BCUT2D eigenvalue weighted by atomic mass is 9.96. The summed E-state index contributed by atoms with van der Waals surface area (Å²) in [6.07, 6.45) is 8.18. The topological polar surface area (TPSA) is 155 Å². The largest absolute Gasteiger partial charge is 0.355 e. The molecular formula is C39H43BrFN9O4. The van der Waals surface area contributed by atoms with Gasteiger partial charge in [-0.3, -0.25) is 28.8 Å². The predicted octanol–water partition coefficient (Wildman–Crippen LogP) is 4.94. The molecule has 8 rings (SSSR count). The number of aryl methyl sites for hydroxylation is 2. The summed E-state index contributed by atoms with van der Waals surface area (Å²) in [6.45, 7) is 4.56. The van der Waals surface area contributed by atoms with Gasteiger partial charge in [0.05, 0.1) is 5.52 Å². The Labute approximate surface area is 320 Å². The summed E-state index contributed by atoms with van der Waals surface area (Å²) in [7, 11) is 0. The first-order chi connectivity index (χ1) is 26.0. The smallest absolute Gasteiger partial charge is 0.248 e. The van der Waals surface area contributed by atoms with Crippen molar-refractivity contribution in [3.8, 4) is 11.1 Å². The molecule has 3 fully saturated rings. The molecule has 1 aliphatic carbocycles. The number of nitrogens with one attached hydrogen (secondary N) is 2. The van der Waals surface area contributed by atoms with Crippen LogP contribution in [0.2, 0.25) is 0 Å². The van der Waals surface area contributed by atoms with E-state index in [1.165, 1.54) is 6.92 Å². The number of carbonyl (C=O) groups is 4. The van der Waals surface area contributed by atoms with Gasteiger partial charge in [-0.25, -0.2) is 19.3 Å². The van der Waals surface area contributed by atoms with E-state index < -0.39 is 17.6 Å². The molecule has 0 radical (unpaired) electrons. The molecule has 2 N–H and O–H groups in total. The average molecular weight is 801 g/mol. The SMILES string of the molecule is CC(=O)c1nn2c3c(cc(-c4cnc(C)nc4)cc13)CCCCCCC(=O)NC[C@@]13C[C@@H](C(=O)Nc4nc(Br)ccc4CN4CC(F)C4)N(C(=O)C2)[C@@H]1C3. The number of ketones is 1. The van der Waals surface area contributed by atoms with Crippen LogP contribution in [0.4, 0.5) is 10.2 Å². The van der Waals surface area contributed by atoms with Gasteiger partial charge in [-0.05, 0) is 84.3 Å². The van der Waals surface area contributed by atoms with Gasteiger partial charge in [0.2, 0.25) is 17.7 Å². The second kappa shape index (κ2) is 14.5. The van der Waals surface area contributed by atoms with Gasteiger partial charge in [0.25, 0.3) is 0 Å². The van der Waals surface area contributed by atoms with E-state index >= 15 is 0 Å². The van der Waals surface area contributed by atoms with Gasteiger partial charge in [0, 0.05) is 79.9 Å². The number of halogens is 2. The molecule has 13 nitrogen and oxygen atoms in total. The predicted molar refractivity (Wildman–Crippen MR) is 202 cm³/mol. The van der Waals surface area contributed by atoms with Gasteiger partial charge in [-0.1, -0.05) is 18.9 Å². The fourth-order valence-electron chi connectivity index (χ4n) is 8.45. The summed E-state index contributed by atoms with van der Waals surface area (Å²) in [6, 6.07) is 6.54. The van der Waals surface area contributed by atoms with Gasteiger partial charge < -0.3 is 15.5 Å². The molecule has 3 aromatic heterocycles. The molecule has 54 heavy (non-hydrogen) atoms. The van der Waals surface area contributed by atoms with E-state index in [0.717, 1.165) is 53.5 Å². The molecule has 3 atom stereocenters. The summed E-state index contributed by atoms with van der Waals surface area (Å²) in [5.74, 6) is 0.0812. The van der Waals surface area contributed by atoms with Crippen molar-refractivity contribution >= 4 is 56.2 Å². The van der Waals surface area contributed by atoms with Gasteiger partial charge in [0.1, 0.15) is 40.7 Å². The number of carbonyl (C=O) groups excluding carboxylic acids is 4. The maximum atomic E-state index is 14.6. The zero-order chi connectivity index (χ0) is 37.7. The van der Waals surface area contributed by atoms with E-state index in [9.17, 15) is 23.6 Å². The summed E-state index contributed by atoms with van der Waals surface area (Å²) in [5.41, 5.74) is 3.91. The van der Waals surface area contributed by atoms with Crippen molar-refractivity contribution < 1.29 is 23.6 Å². The van der Waals surface area contributed by atoms with Crippen molar-refractivity contribution in [1.29, 1.82) is 0 Å². The Balaban J connectivity index is 1.15. The summed E-state index contributed by atoms with van der Waals surface area (Å²) in [5, 5.41) is 11.5. The highest BCUT2D eigenvalue weighted by Gasteiger charge is 2.67. The first-order valence-corrected chi connectivity index (χ1v) is 19.5. The minimum atomic E-state index is -0.866. The molecule has 4 aliphatic rings. The Morgan fingerprint density at radius 2 is 1.80 bits per heavy atom. The number of benzene rings is 1. The number of Topliss-reactive ketones (excluding diaryl/α,β-unsaturated/α-hetero) is 1. The number of nitrogens with zero attached hydrogens (tertiary/aromatic N) is 7. The second-order valence-corrected chi connectivity index (χ2v) is 16.1. The van der Waals surface area contributed by atoms with Crippen LogP contribution in [0.15, 0.2) is 41.3 Å². The Kier molecular flexibility index (Phi) is 9.79. The summed E-state index contributed by atoms with van der Waals surface area (Å²) in [4.78, 5) is 71.8. The zero-order valence-electron chi connectivity index (χ0n) is 30.4. The second-order valence-electron chi connectivity index (χ2n) is 15.3. The molecule has 1 aromatic carbocycles. The van der Waals surface area contributed by atoms with E-state index in [0.29, 0.717) is 73.5 Å². The number of aromatic nitrogens is 5. The van der Waals surface area contributed by atoms with Crippen LogP contribution in [-0.2, 0) is 33.9 Å². The lowest BCUT2D eigenvalue weighted by molar-refractivity contribution is -0.138. The van der Waals surface area contributed by atoms with Crippen LogP contribution in [0.1, 0.15) is 79.3 Å². The number of hydrogen-bond donors (Lipinski definition) is 2. The van der Waals surface area contributed by atoms with Crippen molar-refractivity contribution in [2.24, 2.45) is 5.41 Å². The zero-order valence-corrected chi connectivity index (χ0v) is 32.0. The number of rotatable bonds is 6. The monoisotopic (exact) mass is 799 g/mol. The van der Waals surface area contributed by atoms with E-state index in [2.05, 4.69) is 47.6 Å². The van der Waals surface area contributed by atoms with Crippen LogP contribution in [0.3, 0.4) is 0 Å². The van der Waals surface area contributed by atoms with Crippen LogP contribution in [0.25, 0.3) is 22.0 Å². The third kappa shape index (κ3) is 7.15. The van der Waals surface area contributed by atoms with Crippen LogP contribution in [-0.4, -0.2) is 95.9 Å².